The minimum atomic E-state index is 0.445. The van der Waals surface area contributed by atoms with Gasteiger partial charge in [0, 0.05) is 29.8 Å². The Morgan fingerprint density at radius 2 is 2.41 bits per heavy atom. The van der Waals surface area contributed by atoms with Crippen LogP contribution in [0.3, 0.4) is 0 Å². The molecule has 1 aliphatic rings. The summed E-state index contributed by atoms with van der Waals surface area (Å²) >= 11 is 1.61. The predicted molar refractivity (Wildman–Crippen MR) is 67.9 cm³/mol. The molecule has 0 amide bonds. The molecule has 0 radical (unpaired) electrons. The predicted octanol–water partition coefficient (Wildman–Crippen LogP) is 2.29. The molecule has 2 aromatic heterocycles. The van der Waals surface area contributed by atoms with Gasteiger partial charge in [0.2, 0.25) is 0 Å². The quantitative estimate of drug-likeness (QED) is 0.884. The van der Waals surface area contributed by atoms with E-state index in [0.717, 1.165) is 41.7 Å². The molecule has 1 saturated heterocycles. The van der Waals surface area contributed by atoms with E-state index in [0.29, 0.717) is 5.92 Å². The van der Waals surface area contributed by atoms with Crippen molar-refractivity contribution < 1.29 is 4.74 Å². The standard InChI is InChI=1S/C12H13N3OS/c13-9-1-3-14-10(5-9)12-15-11(7-17-12)8-2-4-16-6-8/h1,3,5,7-8H,2,4,6H2,(H2,13,14). The first kappa shape index (κ1) is 10.7. The molecule has 0 spiro atoms. The number of ether oxygens (including phenoxy) is 1. The largest absolute Gasteiger partial charge is 0.399 e. The molecular weight excluding hydrogens is 234 g/mol. The number of thiazole rings is 1. The highest BCUT2D eigenvalue weighted by molar-refractivity contribution is 7.13. The van der Waals surface area contributed by atoms with Gasteiger partial charge in [0.25, 0.3) is 0 Å². The van der Waals surface area contributed by atoms with Gasteiger partial charge in [-0.05, 0) is 18.6 Å². The van der Waals surface area contributed by atoms with Crippen molar-refractivity contribution in [2.45, 2.75) is 12.3 Å². The van der Waals surface area contributed by atoms with Crippen LogP contribution < -0.4 is 5.73 Å². The Bertz CT molecular complexity index is 520. The summed E-state index contributed by atoms with van der Waals surface area (Å²) in [6, 6.07) is 3.64. The van der Waals surface area contributed by atoms with Crippen molar-refractivity contribution in [2.75, 3.05) is 18.9 Å². The van der Waals surface area contributed by atoms with Gasteiger partial charge < -0.3 is 10.5 Å². The van der Waals surface area contributed by atoms with Gasteiger partial charge in [0.1, 0.15) is 10.7 Å². The van der Waals surface area contributed by atoms with Crippen molar-refractivity contribution in [1.82, 2.24) is 9.97 Å². The number of nitrogens with two attached hydrogens (primary N) is 1. The molecule has 0 aliphatic carbocycles. The molecule has 0 saturated carbocycles. The summed E-state index contributed by atoms with van der Waals surface area (Å²) in [6.07, 6.45) is 2.78. The maximum atomic E-state index is 5.74. The highest BCUT2D eigenvalue weighted by atomic mass is 32.1. The number of hydrogen-bond donors (Lipinski definition) is 1. The Hall–Kier alpha value is -1.46. The third-order valence-electron chi connectivity index (χ3n) is 2.87. The lowest BCUT2D eigenvalue weighted by atomic mass is 10.1. The molecular formula is C12H13N3OS. The molecule has 2 N–H and O–H groups in total. The maximum absolute atomic E-state index is 5.74. The Morgan fingerprint density at radius 3 is 3.18 bits per heavy atom. The number of rotatable bonds is 2. The lowest BCUT2D eigenvalue weighted by molar-refractivity contribution is 0.193. The molecule has 1 atom stereocenters. The van der Waals surface area contributed by atoms with E-state index in [9.17, 15) is 0 Å². The fourth-order valence-electron chi connectivity index (χ4n) is 1.92. The normalized spacial score (nSPS) is 19.6. The smallest absolute Gasteiger partial charge is 0.142 e. The zero-order valence-electron chi connectivity index (χ0n) is 9.30. The van der Waals surface area contributed by atoms with Crippen LogP contribution in [0.25, 0.3) is 10.7 Å². The lowest BCUT2D eigenvalue weighted by Crippen LogP contribution is -1.97. The third-order valence-corrected chi connectivity index (χ3v) is 3.76. The van der Waals surface area contributed by atoms with E-state index >= 15 is 0 Å². The molecule has 5 heteroatoms. The second-order valence-electron chi connectivity index (χ2n) is 4.11. The van der Waals surface area contributed by atoms with Crippen LogP contribution in [-0.2, 0) is 4.74 Å². The van der Waals surface area contributed by atoms with E-state index < -0.39 is 0 Å². The number of hydrogen-bond acceptors (Lipinski definition) is 5. The summed E-state index contributed by atoms with van der Waals surface area (Å²) < 4.78 is 5.37. The van der Waals surface area contributed by atoms with Crippen molar-refractivity contribution in [3.8, 4) is 10.7 Å². The van der Waals surface area contributed by atoms with Gasteiger partial charge in [-0.3, -0.25) is 4.98 Å². The van der Waals surface area contributed by atoms with Crippen LogP contribution in [0, 0.1) is 0 Å². The maximum Gasteiger partial charge on any atom is 0.142 e. The van der Waals surface area contributed by atoms with E-state index in [1.165, 1.54) is 0 Å². The molecule has 0 bridgehead atoms. The summed E-state index contributed by atoms with van der Waals surface area (Å²) in [6.45, 7) is 1.63. The topological polar surface area (TPSA) is 61.0 Å². The minimum Gasteiger partial charge on any atom is -0.399 e. The van der Waals surface area contributed by atoms with Gasteiger partial charge >= 0.3 is 0 Å². The van der Waals surface area contributed by atoms with Crippen molar-refractivity contribution in [3.05, 3.63) is 29.4 Å². The van der Waals surface area contributed by atoms with Gasteiger partial charge in [0.05, 0.1) is 12.3 Å². The zero-order chi connectivity index (χ0) is 11.7. The molecule has 1 aliphatic heterocycles. The Morgan fingerprint density at radius 1 is 1.47 bits per heavy atom. The summed E-state index contributed by atoms with van der Waals surface area (Å²) in [7, 11) is 0. The number of anilines is 1. The number of nitrogen functional groups attached to an aromatic ring is 1. The van der Waals surface area contributed by atoms with Crippen LogP contribution in [-0.4, -0.2) is 23.2 Å². The summed E-state index contributed by atoms with van der Waals surface area (Å²) in [5.41, 5.74) is 8.42. The van der Waals surface area contributed by atoms with Crippen LogP contribution in [0.2, 0.25) is 0 Å². The van der Waals surface area contributed by atoms with Gasteiger partial charge in [-0.1, -0.05) is 0 Å². The highest BCUT2D eigenvalue weighted by Crippen LogP contribution is 2.30. The average molecular weight is 247 g/mol. The second kappa shape index (κ2) is 4.43. The Labute approximate surface area is 103 Å². The van der Waals surface area contributed by atoms with Crippen molar-refractivity contribution in [2.24, 2.45) is 0 Å². The van der Waals surface area contributed by atoms with E-state index in [4.69, 9.17) is 10.5 Å². The van der Waals surface area contributed by atoms with Crippen LogP contribution >= 0.6 is 11.3 Å². The van der Waals surface area contributed by atoms with Crippen molar-refractivity contribution in [1.29, 1.82) is 0 Å². The van der Waals surface area contributed by atoms with E-state index in [1.807, 2.05) is 6.07 Å². The summed E-state index contributed by atoms with van der Waals surface area (Å²) in [5, 5.41) is 3.03. The van der Waals surface area contributed by atoms with Gasteiger partial charge in [0.15, 0.2) is 0 Å². The molecule has 3 heterocycles. The average Bonchev–Trinajstić information content (AvgIpc) is 3.00. The molecule has 1 unspecified atom stereocenters. The molecule has 2 aromatic rings. The third kappa shape index (κ3) is 2.16. The molecule has 88 valence electrons. The first-order valence-electron chi connectivity index (χ1n) is 5.58. The SMILES string of the molecule is Nc1ccnc(-c2nc(C3CCOC3)cs2)c1. The molecule has 17 heavy (non-hydrogen) atoms. The van der Waals surface area contributed by atoms with Gasteiger partial charge in [-0.2, -0.15) is 0 Å². The summed E-state index contributed by atoms with van der Waals surface area (Å²) in [4.78, 5) is 8.91. The van der Waals surface area contributed by atoms with Crippen LogP contribution in [0.5, 0.6) is 0 Å². The highest BCUT2D eigenvalue weighted by Gasteiger charge is 2.20. The first-order chi connectivity index (χ1) is 8.33. The molecule has 4 nitrogen and oxygen atoms in total. The van der Waals surface area contributed by atoms with Crippen molar-refractivity contribution >= 4 is 17.0 Å². The second-order valence-corrected chi connectivity index (χ2v) is 4.97. The molecule has 1 fully saturated rings. The first-order valence-corrected chi connectivity index (χ1v) is 6.46. The fourth-order valence-corrected chi connectivity index (χ4v) is 2.79. The fraction of sp³-hybridized carbons (Fsp3) is 0.333. The molecule has 3 rings (SSSR count). The van der Waals surface area contributed by atoms with Crippen LogP contribution in [0.4, 0.5) is 5.69 Å². The van der Waals surface area contributed by atoms with Crippen molar-refractivity contribution in [3.63, 3.8) is 0 Å². The van der Waals surface area contributed by atoms with E-state index in [2.05, 4.69) is 15.3 Å². The number of aromatic nitrogens is 2. The Balaban J connectivity index is 1.89. The van der Waals surface area contributed by atoms with Gasteiger partial charge in [-0.15, -0.1) is 11.3 Å². The van der Waals surface area contributed by atoms with E-state index in [1.54, 1.807) is 23.6 Å². The van der Waals surface area contributed by atoms with Crippen LogP contribution in [0.15, 0.2) is 23.7 Å². The minimum absolute atomic E-state index is 0.445. The Kier molecular flexibility index (Phi) is 2.78. The monoisotopic (exact) mass is 247 g/mol. The lowest BCUT2D eigenvalue weighted by Gasteiger charge is -2.01. The van der Waals surface area contributed by atoms with E-state index in [-0.39, 0.29) is 0 Å². The van der Waals surface area contributed by atoms with Crippen LogP contribution in [0.1, 0.15) is 18.0 Å². The van der Waals surface area contributed by atoms with Gasteiger partial charge in [-0.25, -0.2) is 4.98 Å². The molecule has 0 aromatic carbocycles. The number of nitrogens with zero attached hydrogens (tertiary/aromatic N) is 2. The summed E-state index contributed by atoms with van der Waals surface area (Å²) in [5.74, 6) is 0.445. The number of pyridine rings is 1. The zero-order valence-corrected chi connectivity index (χ0v) is 10.1.